The van der Waals surface area contributed by atoms with Crippen molar-refractivity contribution in [2.24, 2.45) is 0 Å². The Labute approximate surface area is 147 Å². The minimum atomic E-state index is -0.769. The summed E-state index contributed by atoms with van der Waals surface area (Å²) < 4.78 is 5.49. The van der Waals surface area contributed by atoms with Crippen molar-refractivity contribution in [1.82, 2.24) is 15.5 Å². The molecule has 6 nitrogen and oxygen atoms in total. The van der Waals surface area contributed by atoms with Gasteiger partial charge in [0, 0.05) is 12.5 Å². The van der Waals surface area contributed by atoms with E-state index in [1.807, 2.05) is 30.3 Å². The minimum absolute atomic E-state index is 0.130. The van der Waals surface area contributed by atoms with E-state index in [1.54, 1.807) is 6.20 Å². The van der Waals surface area contributed by atoms with Crippen molar-refractivity contribution in [3.8, 4) is 5.75 Å². The topological polar surface area (TPSA) is 87.2 Å². The molecule has 0 saturated heterocycles. The molecule has 1 aliphatic carbocycles. The number of hydrogen-bond acceptors (Lipinski definition) is 4. The Morgan fingerprint density at radius 1 is 1.28 bits per heavy atom. The van der Waals surface area contributed by atoms with E-state index in [0.29, 0.717) is 17.2 Å². The first-order valence-electron chi connectivity index (χ1n) is 8.91. The first kappa shape index (κ1) is 17.5. The normalized spacial score (nSPS) is 16.4. The largest absolute Gasteiger partial charge is 0.491 e. The molecule has 0 spiro atoms. The van der Waals surface area contributed by atoms with E-state index in [1.165, 1.54) is 19.3 Å². The molecule has 0 unspecified atom stereocenters. The van der Waals surface area contributed by atoms with Crippen LogP contribution in [0, 0.1) is 0 Å². The van der Waals surface area contributed by atoms with Gasteiger partial charge in [-0.15, -0.1) is 0 Å². The molecule has 134 valence electrons. The van der Waals surface area contributed by atoms with Crippen LogP contribution in [0.4, 0.5) is 0 Å². The molecule has 3 rings (SSSR count). The molecule has 25 heavy (non-hydrogen) atoms. The van der Waals surface area contributed by atoms with E-state index in [2.05, 4.69) is 15.5 Å². The lowest BCUT2D eigenvalue weighted by Gasteiger charge is -2.21. The van der Waals surface area contributed by atoms with Crippen molar-refractivity contribution < 1.29 is 14.6 Å². The maximum absolute atomic E-state index is 12.4. The van der Waals surface area contributed by atoms with Gasteiger partial charge in [-0.05, 0) is 25.0 Å². The highest BCUT2D eigenvalue weighted by atomic mass is 16.5. The maximum atomic E-state index is 12.4. The van der Waals surface area contributed by atoms with E-state index in [-0.39, 0.29) is 19.1 Å². The molecule has 3 N–H and O–H groups in total. The van der Waals surface area contributed by atoms with Gasteiger partial charge < -0.3 is 15.2 Å². The number of para-hydroxylation sites is 1. The van der Waals surface area contributed by atoms with Crippen LogP contribution in [0.15, 0.2) is 36.5 Å². The van der Waals surface area contributed by atoms with Gasteiger partial charge >= 0.3 is 0 Å². The summed E-state index contributed by atoms with van der Waals surface area (Å²) in [5.41, 5.74) is 1.51. The Balaban J connectivity index is 1.48. The summed E-state index contributed by atoms with van der Waals surface area (Å²) >= 11 is 0. The van der Waals surface area contributed by atoms with Crippen LogP contribution < -0.4 is 10.1 Å². The number of aliphatic hydroxyl groups is 1. The molecule has 1 aromatic heterocycles. The van der Waals surface area contributed by atoms with E-state index in [4.69, 9.17) is 4.74 Å². The highest BCUT2D eigenvalue weighted by molar-refractivity contribution is 5.95. The number of benzene rings is 1. The number of rotatable bonds is 7. The Morgan fingerprint density at radius 3 is 2.80 bits per heavy atom. The second-order valence-electron chi connectivity index (χ2n) is 6.52. The van der Waals surface area contributed by atoms with Crippen LogP contribution in [0.5, 0.6) is 5.75 Å². The fraction of sp³-hybridized carbons (Fsp3) is 0.474. The number of carbonyl (C=O) groups is 1. The highest BCUT2D eigenvalue weighted by Crippen LogP contribution is 2.33. The van der Waals surface area contributed by atoms with Crippen LogP contribution >= 0.6 is 0 Å². The standard InChI is InChI=1S/C19H25N3O3/c23-15(13-25-16-9-5-2-6-10-16)11-20-19(24)17-12-21-22-18(17)14-7-3-1-4-8-14/h2,5-6,9-10,12,14-15,23H,1,3-4,7-8,11,13H2,(H,20,24)(H,21,22)/t15-/m0/s1. The van der Waals surface area contributed by atoms with Gasteiger partial charge in [-0.2, -0.15) is 5.10 Å². The molecule has 1 saturated carbocycles. The molecule has 1 fully saturated rings. The number of aromatic nitrogens is 2. The second-order valence-corrected chi connectivity index (χ2v) is 6.52. The van der Waals surface area contributed by atoms with Crippen molar-refractivity contribution in [1.29, 1.82) is 0 Å². The number of aromatic amines is 1. The lowest BCUT2D eigenvalue weighted by atomic mass is 9.85. The highest BCUT2D eigenvalue weighted by Gasteiger charge is 2.23. The third-order valence-electron chi connectivity index (χ3n) is 4.61. The van der Waals surface area contributed by atoms with Crippen molar-refractivity contribution >= 4 is 5.91 Å². The van der Waals surface area contributed by atoms with Gasteiger partial charge in [-0.1, -0.05) is 37.5 Å². The predicted molar refractivity (Wildman–Crippen MR) is 94.7 cm³/mol. The first-order chi connectivity index (χ1) is 12.2. The van der Waals surface area contributed by atoms with E-state index >= 15 is 0 Å². The van der Waals surface area contributed by atoms with Gasteiger partial charge in [0.15, 0.2) is 0 Å². The molecule has 1 aromatic carbocycles. The average molecular weight is 343 g/mol. The molecule has 0 aliphatic heterocycles. The molecule has 1 atom stereocenters. The van der Waals surface area contributed by atoms with Crippen molar-refractivity contribution in [3.05, 3.63) is 47.8 Å². The predicted octanol–water partition coefficient (Wildman–Crippen LogP) is 2.63. The molecular formula is C19H25N3O3. The van der Waals surface area contributed by atoms with Gasteiger partial charge in [0.25, 0.3) is 5.91 Å². The number of aliphatic hydroxyl groups excluding tert-OH is 1. The van der Waals surface area contributed by atoms with Crippen LogP contribution in [0.25, 0.3) is 0 Å². The van der Waals surface area contributed by atoms with Crippen molar-refractivity contribution in [2.45, 2.75) is 44.1 Å². The van der Waals surface area contributed by atoms with Gasteiger partial charge in [0.2, 0.25) is 0 Å². The summed E-state index contributed by atoms with van der Waals surface area (Å²) in [6.07, 6.45) is 6.65. The van der Waals surface area contributed by atoms with Crippen molar-refractivity contribution in [2.75, 3.05) is 13.2 Å². The lowest BCUT2D eigenvalue weighted by Crippen LogP contribution is -2.35. The average Bonchev–Trinajstić information content (AvgIpc) is 3.16. The number of amides is 1. The number of nitrogens with one attached hydrogen (secondary N) is 2. The second kappa shape index (κ2) is 8.67. The Hall–Kier alpha value is -2.34. The maximum Gasteiger partial charge on any atom is 0.254 e. The summed E-state index contributed by atoms with van der Waals surface area (Å²) in [7, 11) is 0. The van der Waals surface area contributed by atoms with Crippen LogP contribution in [0.1, 0.15) is 54.1 Å². The zero-order valence-electron chi connectivity index (χ0n) is 14.3. The molecule has 2 aromatic rings. The van der Waals surface area contributed by atoms with Crippen LogP contribution in [-0.4, -0.2) is 40.5 Å². The fourth-order valence-electron chi connectivity index (χ4n) is 3.25. The monoisotopic (exact) mass is 343 g/mol. The molecule has 0 radical (unpaired) electrons. The number of nitrogens with zero attached hydrogens (tertiary/aromatic N) is 1. The van der Waals surface area contributed by atoms with Crippen molar-refractivity contribution in [3.63, 3.8) is 0 Å². The number of hydrogen-bond donors (Lipinski definition) is 3. The molecule has 0 bridgehead atoms. The summed E-state index contributed by atoms with van der Waals surface area (Å²) in [4.78, 5) is 12.4. The third-order valence-corrected chi connectivity index (χ3v) is 4.61. The van der Waals surface area contributed by atoms with Gasteiger partial charge in [-0.3, -0.25) is 9.89 Å². The van der Waals surface area contributed by atoms with Gasteiger partial charge in [0.05, 0.1) is 17.5 Å². The Bertz CT molecular complexity index is 666. The minimum Gasteiger partial charge on any atom is -0.491 e. The number of H-pyrrole nitrogens is 1. The van der Waals surface area contributed by atoms with Crippen LogP contribution in [0.3, 0.4) is 0 Å². The molecule has 6 heteroatoms. The SMILES string of the molecule is O=C(NC[C@H](O)COc1ccccc1)c1cn[nH]c1C1CCCCC1. The van der Waals surface area contributed by atoms with E-state index < -0.39 is 6.10 Å². The smallest absolute Gasteiger partial charge is 0.254 e. The summed E-state index contributed by atoms with van der Waals surface area (Å²) in [5.74, 6) is 0.874. The Morgan fingerprint density at radius 2 is 2.04 bits per heavy atom. The van der Waals surface area contributed by atoms with Crippen LogP contribution in [0.2, 0.25) is 0 Å². The Kier molecular flexibility index (Phi) is 6.06. The summed E-state index contributed by atoms with van der Waals surface area (Å²) in [6, 6.07) is 9.29. The summed E-state index contributed by atoms with van der Waals surface area (Å²) in [5, 5.41) is 19.8. The fourth-order valence-corrected chi connectivity index (χ4v) is 3.25. The quantitative estimate of drug-likeness (QED) is 0.721. The van der Waals surface area contributed by atoms with E-state index in [9.17, 15) is 9.90 Å². The zero-order valence-corrected chi connectivity index (χ0v) is 14.3. The molecule has 1 heterocycles. The van der Waals surface area contributed by atoms with Gasteiger partial charge in [0.1, 0.15) is 18.5 Å². The van der Waals surface area contributed by atoms with Crippen LogP contribution in [-0.2, 0) is 0 Å². The summed E-state index contributed by atoms with van der Waals surface area (Å²) in [6.45, 7) is 0.270. The first-order valence-corrected chi connectivity index (χ1v) is 8.91. The van der Waals surface area contributed by atoms with Gasteiger partial charge in [-0.25, -0.2) is 0 Å². The third kappa shape index (κ3) is 4.82. The lowest BCUT2D eigenvalue weighted by molar-refractivity contribution is 0.0842. The molecule has 1 aliphatic rings. The number of ether oxygens (including phenoxy) is 1. The number of carbonyl (C=O) groups excluding carboxylic acids is 1. The van der Waals surface area contributed by atoms with E-state index in [0.717, 1.165) is 18.5 Å². The zero-order chi connectivity index (χ0) is 17.5. The molecule has 1 amide bonds. The molecular weight excluding hydrogens is 318 g/mol.